The van der Waals surface area contributed by atoms with E-state index in [0.29, 0.717) is 33.8 Å². The highest BCUT2D eigenvalue weighted by Crippen LogP contribution is 2.27. The van der Waals surface area contributed by atoms with Crippen molar-refractivity contribution in [3.8, 4) is 11.1 Å². The molecule has 11 heteroatoms. The Morgan fingerprint density at radius 3 is 2.28 bits per heavy atom. The van der Waals surface area contributed by atoms with E-state index in [-0.39, 0.29) is 28.6 Å². The molecule has 0 unspecified atom stereocenters. The predicted molar refractivity (Wildman–Crippen MR) is 152 cm³/mol. The molecule has 9 nitrogen and oxygen atoms in total. The van der Waals surface area contributed by atoms with Gasteiger partial charge in [0.2, 0.25) is 15.9 Å². The van der Waals surface area contributed by atoms with Gasteiger partial charge in [-0.3, -0.25) is 14.4 Å². The minimum absolute atomic E-state index is 0.0146. The maximum atomic E-state index is 13.2. The molecule has 0 bridgehead atoms. The lowest BCUT2D eigenvalue weighted by atomic mass is 9.96. The number of pyridine rings is 1. The van der Waals surface area contributed by atoms with Gasteiger partial charge in [0, 0.05) is 46.4 Å². The zero-order valence-electron chi connectivity index (χ0n) is 20.6. The van der Waals surface area contributed by atoms with E-state index < -0.39 is 15.9 Å². The van der Waals surface area contributed by atoms with Gasteiger partial charge in [0.25, 0.3) is 5.91 Å². The second-order valence-corrected chi connectivity index (χ2v) is 11.0. The number of carbonyl (C=O) groups excluding carboxylic acids is 3. The standard InChI is InChI=1S/C28H23BrN4O5S/c1-17(34)32-22-12-10-20(24(15-22)28(36)33-27-13-11-21(29)16-31-27)14-25(35)19-8-6-18(7-9-19)23-4-2-3-5-26(23)39(30,37)38/h2-13,15-16H,14H2,1H3,(H,32,34)(H2,30,37,38)(H,31,33,36). The average molecular weight is 607 g/mol. The average Bonchev–Trinajstić information content (AvgIpc) is 2.90. The van der Waals surface area contributed by atoms with Crippen LogP contribution in [0, 0.1) is 0 Å². The Morgan fingerprint density at radius 2 is 1.64 bits per heavy atom. The SMILES string of the molecule is CC(=O)Nc1ccc(CC(=O)c2ccc(-c3ccccc3S(N)(=O)=O)cc2)c(C(=O)Nc2ccc(Br)cn2)c1. The molecule has 0 saturated carbocycles. The van der Waals surface area contributed by atoms with Crippen molar-refractivity contribution in [2.75, 3.05) is 10.6 Å². The van der Waals surface area contributed by atoms with Gasteiger partial charge >= 0.3 is 0 Å². The maximum Gasteiger partial charge on any atom is 0.257 e. The Labute approximate surface area is 233 Å². The van der Waals surface area contributed by atoms with Crippen LogP contribution in [0.1, 0.15) is 33.2 Å². The topological polar surface area (TPSA) is 148 Å². The van der Waals surface area contributed by atoms with Crippen LogP contribution >= 0.6 is 15.9 Å². The van der Waals surface area contributed by atoms with E-state index in [1.165, 1.54) is 19.1 Å². The van der Waals surface area contributed by atoms with Crippen LogP contribution in [0.15, 0.2) is 94.4 Å². The molecule has 4 N–H and O–H groups in total. The monoisotopic (exact) mass is 606 g/mol. The first-order valence-electron chi connectivity index (χ1n) is 11.6. The largest absolute Gasteiger partial charge is 0.326 e. The fourth-order valence-corrected chi connectivity index (χ4v) is 4.92. The summed E-state index contributed by atoms with van der Waals surface area (Å²) in [6, 6.07) is 20.9. The second-order valence-electron chi connectivity index (χ2n) is 8.59. The van der Waals surface area contributed by atoms with Crippen molar-refractivity contribution in [3.05, 3.63) is 106 Å². The van der Waals surface area contributed by atoms with Gasteiger partial charge in [-0.2, -0.15) is 0 Å². The number of nitrogens with one attached hydrogen (secondary N) is 2. The fraction of sp³-hybridized carbons (Fsp3) is 0.0714. The van der Waals surface area contributed by atoms with Crippen LogP contribution in [0.25, 0.3) is 11.1 Å². The first kappa shape index (κ1) is 27.8. The van der Waals surface area contributed by atoms with Gasteiger partial charge in [-0.1, -0.05) is 48.5 Å². The summed E-state index contributed by atoms with van der Waals surface area (Å²) >= 11 is 3.29. The smallest absolute Gasteiger partial charge is 0.257 e. The number of nitrogens with two attached hydrogens (primary N) is 1. The van der Waals surface area contributed by atoms with Crippen LogP contribution in [0.2, 0.25) is 0 Å². The van der Waals surface area contributed by atoms with Gasteiger partial charge in [-0.25, -0.2) is 18.5 Å². The lowest BCUT2D eigenvalue weighted by Crippen LogP contribution is -2.18. The summed E-state index contributed by atoms with van der Waals surface area (Å²) in [5.74, 6) is -0.733. The number of benzene rings is 3. The predicted octanol–water partition coefficient (Wildman–Crippen LogP) is 4.79. The van der Waals surface area contributed by atoms with Crippen molar-refractivity contribution >= 4 is 55.1 Å². The molecule has 39 heavy (non-hydrogen) atoms. The number of anilines is 2. The molecule has 4 aromatic rings. The summed E-state index contributed by atoms with van der Waals surface area (Å²) in [7, 11) is -3.94. The molecule has 0 aliphatic rings. The second kappa shape index (κ2) is 11.7. The molecule has 1 aromatic heterocycles. The summed E-state index contributed by atoms with van der Waals surface area (Å²) in [6.07, 6.45) is 1.45. The lowest BCUT2D eigenvalue weighted by molar-refractivity contribution is -0.114. The van der Waals surface area contributed by atoms with E-state index in [1.54, 1.807) is 72.9 Å². The Morgan fingerprint density at radius 1 is 0.923 bits per heavy atom. The van der Waals surface area contributed by atoms with E-state index in [9.17, 15) is 22.8 Å². The lowest BCUT2D eigenvalue weighted by Gasteiger charge is -2.13. The quantitative estimate of drug-likeness (QED) is 0.245. The van der Waals surface area contributed by atoms with Crippen molar-refractivity contribution in [1.29, 1.82) is 0 Å². The normalized spacial score (nSPS) is 11.1. The summed E-state index contributed by atoms with van der Waals surface area (Å²) < 4.78 is 24.7. The molecule has 4 rings (SSSR count). The van der Waals surface area contributed by atoms with E-state index in [2.05, 4.69) is 31.5 Å². The van der Waals surface area contributed by atoms with Gasteiger partial charge in [0.15, 0.2) is 5.78 Å². The highest BCUT2D eigenvalue weighted by Gasteiger charge is 2.18. The van der Waals surface area contributed by atoms with Crippen molar-refractivity contribution in [3.63, 3.8) is 0 Å². The number of hydrogen-bond acceptors (Lipinski definition) is 6. The van der Waals surface area contributed by atoms with Crippen LogP contribution in [-0.2, 0) is 21.2 Å². The third kappa shape index (κ3) is 7.02. The summed E-state index contributed by atoms with van der Waals surface area (Å²) in [5, 5.41) is 10.7. The van der Waals surface area contributed by atoms with Gasteiger partial charge in [-0.05, 0) is 57.4 Å². The number of sulfonamides is 1. The van der Waals surface area contributed by atoms with Crippen molar-refractivity contribution in [1.82, 2.24) is 4.98 Å². The first-order chi connectivity index (χ1) is 18.5. The Balaban J connectivity index is 1.60. The zero-order valence-corrected chi connectivity index (χ0v) is 23.0. The molecule has 0 saturated heterocycles. The molecule has 0 aliphatic heterocycles. The third-order valence-electron chi connectivity index (χ3n) is 5.71. The fourth-order valence-electron chi connectivity index (χ4n) is 3.92. The number of amides is 2. The molecule has 0 spiro atoms. The van der Waals surface area contributed by atoms with Gasteiger partial charge in [0.1, 0.15) is 5.82 Å². The summed E-state index contributed by atoms with van der Waals surface area (Å²) in [4.78, 5) is 42.0. The van der Waals surface area contributed by atoms with E-state index in [1.807, 2.05) is 0 Å². The Bertz CT molecular complexity index is 1670. The van der Waals surface area contributed by atoms with Gasteiger partial charge in [0.05, 0.1) is 4.90 Å². The van der Waals surface area contributed by atoms with Crippen LogP contribution in [-0.4, -0.2) is 31.0 Å². The molecule has 0 radical (unpaired) electrons. The first-order valence-corrected chi connectivity index (χ1v) is 13.9. The molecular formula is C28H23BrN4O5S. The molecule has 198 valence electrons. The van der Waals surface area contributed by atoms with Gasteiger partial charge in [-0.15, -0.1) is 0 Å². The van der Waals surface area contributed by atoms with Crippen LogP contribution < -0.4 is 15.8 Å². The molecular weight excluding hydrogens is 584 g/mol. The molecule has 0 fully saturated rings. The number of Topliss-reactive ketones (excluding diaryl/α,β-unsaturated/α-hetero) is 1. The number of aromatic nitrogens is 1. The Kier molecular flexibility index (Phi) is 8.34. The van der Waals surface area contributed by atoms with Crippen molar-refractivity contribution in [2.24, 2.45) is 5.14 Å². The molecule has 1 heterocycles. The minimum Gasteiger partial charge on any atom is -0.326 e. The highest BCUT2D eigenvalue weighted by atomic mass is 79.9. The van der Waals surface area contributed by atoms with Crippen molar-refractivity contribution in [2.45, 2.75) is 18.2 Å². The molecule has 0 aliphatic carbocycles. The van der Waals surface area contributed by atoms with Crippen LogP contribution in [0.5, 0.6) is 0 Å². The number of primary sulfonamides is 1. The highest BCUT2D eigenvalue weighted by molar-refractivity contribution is 9.10. The zero-order chi connectivity index (χ0) is 28.2. The van der Waals surface area contributed by atoms with E-state index >= 15 is 0 Å². The number of rotatable bonds is 8. The Hall–Kier alpha value is -4.19. The molecule has 2 amide bonds. The summed E-state index contributed by atoms with van der Waals surface area (Å²) in [5.41, 5.74) is 2.44. The minimum atomic E-state index is -3.94. The van der Waals surface area contributed by atoms with Crippen LogP contribution in [0.3, 0.4) is 0 Å². The maximum absolute atomic E-state index is 13.2. The van der Waals surface area contributed by atoms with Crippen LogP contribution in [0.4, 0.5) is 11.5 Å². The number of hydrogen-bond donors (Lipinski definition) is 3. The third-order valence-corrected chi connectivity index (χ3v) is 7.14. The van der Waals surface area contributed by atoms with E-state index in [0.717, 1.165) is 4.47 Å². The summed E-state index contributed by atoms with van der Waals surface area (Å²) in [6.45, 7) is 1.36. The number of carbonyl (C=O) groups is 3. The molecule has 3 aromatic carbocycles. The van der Waals surface area contributed by atoms with Crippen molar-refractivity contribution < 1.29 is 22.8 Å². The number of nitrogens with zero attached hydrogens (tertiary/aromatic N) is 1. The molecule has 0 atom stereocenters. The number of ketones is 1. The van der Waals surface area contributed by atoms with E-state index in [4.69, 9.17) is 5.14 Å². The number of halogens is 1. The van der Waals surface area contributed by atoms with Gasteiger partial charge < -0.3 is 10.6 Å².